The smallest absolute Gasteiger partial charge is 0.337 e. The number of methoxy groups -OCH3 is 1. The zero-order valence-corrected chi connectivity index (χ0v) is 15.7. The van der Waals surface area contributed by atoms with Crippen LogP contribution in [0.2, 0.25) is 5.02 Å². The second kappa shape index (κ2) is 7.80. The molecule has 0 radical (unpaired) electrons. The Hall–Kier alpha value is -2.86. The molecule has 3 rings (SSSR count). The van der Waals surface area contributed by atoms with Crippen LogP contribution in [0.4, 0.5) is 11.4 Å². The van der Waals surface area contributed by atoms with Gasteiger partial charge in [0, 0.05) is 29.4 Å². The van der Waals surface area contributed by atoms with Gasteiger partial charge in [0.2, 0.25) is 11.8 Å². The summed E-state index contributed by atoms with van der Waals surface area (Å²) in [7, 11) is 1.31. The lowest BCUT2D eigenvalue weighted by atomic mass is 10.1. The molecule has 0 spiro atoms. The van der Waals surface area contributed by atoms with Crippen LogP contribution in [0.5, 0.6) is 0 Å². The molecule has 1 atom stereocenters. The average molecular weight is 387 g/mol. The summed E-state index contributed by atoms with van der Waals surface area (Å²) in [6, 6.07) is 11.8. The van der Waals surface area contributed by atoms with E-state index < -0.39 is 11.9 Å². The van der Waals surface area contributed by atoms with Gasteiger partial charge in [-0.1, -0.05) is 17.7 Å². The van der Waals surface area contributed by atoms with Crippen molar-refractivity contribution in [2.24, 2.45) is 5.92 Å². The molecular formula is C20H19ClN2O4. The molecule has 1 aliphatic heterocycles. The minimum absolute atomic E-state index is 0.110. The predicted molar refractivity (Wildman–Crippen MR) is 103 cm³/mol. The van der Waals surface area contributed by atoms with E-state index in [1.807, 2.05) is 13.0 Å². The number of amides is 2. The number of esters is 1. The van der Waals surface area contributed by atoms with Gasteiger partial charge in [-0.2, -0.15) is 0 Å². The van der Waals surface area contributed by atoms with Gasteiger partial charge in [-0.05, 0) is 48.9 Å². The lowest BCUT2D eigenvalue weighted by Crippen LogP contribution is -2.28. The number of anilines is 2. The van der Waals surface area contributed by atoms with E-state index in [1.165, 1.54) is 7.11 Å². The predicted octanol–water partition coefficient (Wildman–Crippen LogP) is 3.43. The van der Waals surface area contributed by atoms with Crippen LogP contribution in [-0.2, 0) is 14.3 Å². The lowest BCUT2D eigenvalue weighted by Gasteiger charge is -2.19. The molecule has 1 N–H and O–H groups in total. The van der Waals surface area contributed by atoms with Gasteiger partial charge < -0.3 is 15.0 Å². The Bertz CT molecular complexity index is 895. The van der Waals surface area contributed by atoms with Crippen molar-refractivity contribution in [3.8, 4) is 0 Å². The molecule has 6 nitrogen and oxygen atoms in total. The van der Waals surface area contributed by atoms with Crippen LogP contribution in [0.3, 0.4) is 0 Å². The molecule has 1 aliphatic rings. The van der Waals surface area contributed by atoms with Gasteiger partial charge in [0.25, 0.3) is 0 Å². The lowest BCUT2D eigenvalue weighted by molar-refractivity contribution is -0.122. The highest BCUT2D eigenvalue weighted by Gasteiger charge is 2.35. The number of benzene rings is 2. The van der Waals surface area contributed by atoms with Gasteiger partial charge in [-0.3, -0.25) is 9.59 Å². The second-order valence-electron chi connectivity index (χ2n) is 6.35. The standard InChI is InChI=1S/C20H19ClN2O4/c1-12-16(21)4-3-5-17(12)23-11-14(10-18(23)24)19(25)22-15-8-6-13(7-9-15)20(26)27-2/h3-9,14H,10-11H2,1-2H3,(H,22,25)/t14-/m1/s1. The van der Waals surface area contributed by atoms with Gasteiger partial charge >= 0.3 is 5.97 Å². The van der Waals surface area contributed by atoms with Crippen molar-refractivity contribution >= 4 is 40.8 Å². The van der Waals surface area contributed by atoms with Crippen LogP contribution >= 0.6 is 11.6 Å². The highest BCUT2D eigenvalue weighted by Crippen LogP contribution is 2.31. The number of carbonyl (C=O) groups is 3. The Labute approximate surface area is 162 Å². The number of hydrogen-bond acceptors (Lipinski definition) is 4. The fourth-order valence-corrected chi connectivity index (χ4v) is 3.23. The maximum absolute atomic E-state index is 12.6. The highest BCUT2D eigenvalue weighted by atomic mass is 35.5. The molecule has 7 heteroatoms. The van der Waals surface area contributed by atoms with Crippen LogP contribution in [0.25, 0.3) is 0 Å². The number of ether oxygens (including phenoxy) is 1. The summed E-state index contributed by atoms with van der Waals surface area (Å²) in [6.45, 7) is 2.15. The monoisotopic (exact) mass is 386 g/mol. The van der Waals surface area contributed by atoms with E-state index in [9.17, 15) is 14.4 Å². The minimum atomic E-state index is -0.462. The van der Waals surface area contributed by atoms with Gasteiger partial charge in [0.15, 0.2) is 0 Å². The number of nitrogens with zero attached hydrogens (tertiary/aromatic N) is 1. The molecule has 0 unspecified atom stereocenters. The summed E-state index contributed by atoms with van der Waals surface area (Å²) >= 11 is 6.14. The van der Waals surface area contributed by atoms with Crippen molar-refractivity contribution in [2.75, 3.05) is 23.9 Å². The van der Waals surface area contributed by atoms with Crippen LogP contribution in [0.1, 0.15) is 22.3 Å². The number of hydrogen-bond donors (Lipinski definition) is 1. The van der Waals surface area contributed by atoms with Crippen molar-refractivity contribution in [3.05, 3.63) is 58.6 Å². The molecule has 0 bridgehead atoms. The van der Waals surface area contributed by atoms with Gasteiger partial charge in [-0.15, -0.1) is 0 Å². The second-order valence-corrected chi connectivity index (χ2v) is 6.75. The van der Waals surface area contributed by atoms with Crippen molar-refractivity contribution in [1.82, 2.24) is 0 Å². The molecule has 1 fully saturated rings. The minimum Gasteiger partial charge on any atom is -0.465 e. The molecule has 0 aromatic heterocycles. The molecule has 1 saturated heterocycles. The average Bonchev–Trinajstić information content (AvgIpc) is 3.05. The van der Waals surface area contributed by atoms with Crippen LogP contribution in [0.15, 0.2) is 42.5 Å². The molecule has 0 saturated carbocycles. The molecule has 2 aromatic rings. The van der Waals surface area contributed by atoms with Crippen molar-refractivity contribution < 1.29 is 19.1 Å². The molecule has 140 valence electrons. The van der Waals surface area contributed by atoms with E-state index in [1.54, 1.807) is 41.3 Å². The third kappa shape index (κ3) is 3.95. The SMILES string of the molecule is COC(=O)c1ccc(NC(=O)[C@@H]2CC(=O)N(c3cccc(Cl)c3C)C2)cc1. The number of halogens is 1. The summed E-state index contributed by atoms with van der Waals surface area (Å²) < 4.78 is 4.64. The fraction of sp³-hybridized carbons (Fsp3) is 0.250. The third-order valence-corrected chi connectivity index (χ3v) is 5.01. The first-order chi connectivity index (χ1) is 12.9. The molecule has 2 aromatic carbocycles. The third-order valence-electron chi connectivity index (χ3n) is 4.60. The topological polar surface area (TPSA) is 75.7 Å². The zero-order valence-electron chi connectivity index (χ0n) is 15.0. The quantitative estimate of drug-likeness (QED) is 0.817. The molecule has 2 amide bonds. The number of rotatable bonds is 4. The normalized spacial score (nSPS) is 16.3. The molecule has 0 aliphatic carbocycles. The van der Waals surface area contributed by atoms with E-state index in [-0.39, 0.29) is 18.2 Å². The Kier molecular flexibility index (Phi) is 5.46. The maximum Gasteiger partial charge on any atom is 0.337 e. The first-order valence-electron chi connectivity index (χ1n) is 8.45. The van der Waals surface area contributed by atoms with Gasteiger partial charge in [0.1, 0.15) is 0 Å². The van der Waals surface area contributed by atoms with E-state index in [4.69, 9.17) is 11.6 Å². The highest BCUT2D eigenvalue weighted by molar-refractivity contribution is 6.31. The summed E-state index contributed by atoms with van der Waals surface area (Å²) in [4.78, 5) is 38.0. The summed E-state index contributed by atoms with van der Waals surface area (Å²) in [5.41, 5.74) is 2.49. The maximum atomic E-state index is 12.6. The first kappa shape index (κ1) is 18.9. The Morgan fingerprint density at radius 3 is 2.56 bits per heavy atom. The first-order valence-corrected chi connectivity index (χ1v) is 8.83. The van der Waals surface area contributed by atoms with Crippen molar-refractivity contribution in [2.45, 2.75) is 13.3 Å². The molecule has 27 heavy (non-hydrogen) atoms. The van der Waals surface area contributed by atoms with Crippen molar-refractivity contribution in [3.63, 3.8) is 0 Å². The fourth-order valence-electron chi connectivity index (χ4n) is 3.06. The number of carbonyl (C=O) groups excluding carboxylic acids is 3. The Balaban J connectivity index is 1.69. The van der Waals surface area contributed by atoms with Crippen LogP contribution in [-0.4, -0.2) is 31.4 Å². The van der Waals surface area contributed by atoms with Gasteiger partial charge in [0.05, 0.1) is 18.6 Å². The number of nitrogens with one attached hydrogen (secondary N) is 1. The summed E-state index contributed by atoms with van der Waals surface area (Å²) in [6.07, 6.45) is 0.137. The van der Waals surface area contributed by atoms with E-state index in [0.29, 0.717) is 22.8 Å². The summed E-state index contributed by atoms with van der Waals surface area (Å²) in [5, 5.41) is 3.37. The van der Waals surface area contributed by atoms with Crippen molar-refractivity contribution in [1.29, 1.82) is 0 Å². The van der Waals surface area contributed by atoms with Gasteiger partial charge in [-0.25, -0.2) is 4.79 Å². The van der Waals surface area contributed by atoms with Crippen LogP contribution < -0.4 is 10.2 Å². The Morgan fingerprint density at radius 2 is 1.89 bits per heavy atom. The molecular weight excluding hydrogens is 368 g/mol. The largest absolute Gasteiger partial charge is 0.465 e. The zero-order chi connectivity index (χ0) is 19.6. The van der Waals surface area contributed by atoms with E-state index >= 15 is 0 Å². The van der Waals surface area contributed by atoms with E-state index in [0.717, 1.165) is 11.3 Å². The Morgan fingerprint density at radius 1 is 1.19 bits per heavy atom. The summed E-state index contributed by atoms with van der Waals surface area (Å²) in [5.74, 6) is -1.25. The van der Waals surface area contributed by atoms with E-state index in [2.05, 4.69) is 10.1 Å². The molecule has 1 heterocycles. The van der Waals surface area contributed by atoms with Crippen LogP contribution in [0, 0.1) is 12.8 Å².